The number of ether oxygens (including phenoxy) is 2. The molecule has 0 unspecified atom stereocenters. The number of benzene rings is 1. The van der Waals surface area contributed by atoms with Crippen molar-refractivity contribution in [3.63, 3.8) is 0 Å². The predicted octanol–water partition coefficient (Wildman–Crippen LogP) is 4.05. The fourth-order valence-corrected chi connectivity index (χ4v) is 3.09. The molecule has 0 heterocycles. The SMILES string of the molecule is COc1cc(CO)cc(Br)c1OC1CCCCCC1. The van der Waals surface area contributed by atoms with E-state index in [0.29, 0.717) is 5.75 Å². The first-order valence-corrected chi connectivity index (χ1v) is 7.68. The van der Waals surface area contributed by atoms with Gasteiger partial charge >= 0.3 is 0 Å². The van der Waals surface area contributed by atoms with Crippen LogP contribution in [-0.4, -0.2) is 18.3 Å². The Balaban J connectivity index is 2.18. The van der Waals surface area contributed by atoms with Gasteiger partial charge in [-0.05, 0) is 59.3 Å². The summed E-state index contributed by atoms with van der Waals surface area (Å²) in [5.41, 5.74) is 0.817. The van der Waals surface area contributed by atoms with Crippen molar-refractivity contribution in [3.8, 4) is 11.5 Å². The lowest BCUT2D eigenvalue weighted by molar-refractivity contribution is 0.175. The maximum absolute atomic E-state index is 9.21. The van der Waals surface area contributed by atoms with Crippen molar-refractivity contribution in [1.29, 1.82) is 0 Å². The van der Waals surface area contributed by atoms with E-state index in [-0.39, 0.29) is 12.7 Å². The first kappa shape index (κ1) is 14.7. The molecule has 19 heavy (non-hydrogen) atoms. The number of aliphatic hydroxyl groups is 1. The average Bonchev–Trinajstić information content (AvgIpc) is 2.69. The number of halogens is 1. The van der Waals surface area contributed by atoms with Gasteiger partial charge in [0.1, 0.15) is 0 Å². The van der Waals surface area contributed by atoms with E-state index in [1.807, 2.05) is 12.1 Å². The molecule has 4 heteroatoms. The molecule has 0 bridgehead atoms. The lowest BCUT2D eigenvalue weighted by Gasteiger charge is -2.20. The zero-order valence-corrected chi connectivity index (χ0v) is 12.9. The van der Waals surface area contributed by atoms with E-state index in [0.717, 1.165) is 28.6 Å². The molecular weight excluding hydrogens is 308 g/mol. The van der Waals surface area contributed by atoms with Gasteiger partial charge < -0.3 is 14.6 Å². The van der Waals surface area contributed by atoms with Gasteiger partial charge in [0, 0.05) is 0 Å². The van der Waals surface area contributed by atoms with E-state index in [4.69, 9.17) is 9.47 Å². The molecule has 2 rings (SSSR count). The predicted molar refractivity (Wildman–Crippen MR) is 78.7 cm³/mol. The van der Waals surface area contributed by atoms with Gasteiger partial charge in [-0.15, -0.1) is 0 Å². The molecule has 0 aromatic heterocycles. The first-order valence-electron chi connectivity index (χ1n) is 6.88. The molecule has 1 aliphatic rings. The molecule has 1 N–H and O–H groups in total. The maximum Gasteiger partial charge on any atom is 0.175 e. The Morgan fingerprint density at radius 2 is 1.89 bits per heavy atom. The molecule has 3 nitrogen and oxygen atoms in total. The minimum absolute atomic E-state index is 0.00132. The summed E-state index contributed by atoms with van der Waals surface area (Å²) in [5.74, 6) is 1.44. The van der Waals surface area contributed by atoms with Crippen LogP contribution in [0.2, 0.25) is 0 Å². The van der Waals surface area contributed by atoms with Crippen LogP contribution in [0.5, 0.6) is 11.5 Å². The van der Waals surface area contributed by atoms with Crippen molar-refractivity contribution < 1.29 is 14.6 Å². The lowest BCUT2D eigenvalue weighted by Crippen LogP contribution is -2.16. The first-order chi connectivity index (χ1) is 9.24. The number of rotatable bonds is 4. The number of aliphatic hydroxyl groups excluding tert-OH is 1. The summed E-state index contributed by atoms with van der Waals surface area (Å²) >= 11 is 3.51. The van der Waals surface area contributed by atoms with Gasteiger partial charge in [0.05, 0.1) is 24.3 Å². The van der Waals surface area contributed by atoms with Gasteiger partial charge in [-0.1, -0.05) is 12.8 Å². The Bertz CT molecular complexity index is 412. The van der Waals surface area contributed by atoms with Crippen LogP contribution in [0.4, 0.5) is 0 Å². The molecule has 1 saturated carbocycles. The van der Waals surface area contributed by atoms with Gasteiger partial charge in [0.2, 0.25) is 0 Å². The Morgan fingerprint density at radius 1 is 1.21 bits per heavy atom. The molecule has 0 aliphatic heterocycles. The molecule has 0 radical (unpaired) electrons. The third-order valence-corrected chi connectivity index (χ3v) is 4.15. The van der Waals surface area contributed by atoms with Crippen molar-refractivity contribution in [2.45, 2.75) is 51.2 Å². The minimum atomic E-state index is -0.00132. The van der Waals surface area contributed by atoms with Gasteiger partial charge in [0.25, 0.3) is 0 Å². The summed E-state index contributed by atoms with van der Waals surface area (Å²) in [6.07, 6.45) is 7.57. The van der Waals surface area contributed by atoms with E-state index in [2.05, 4.69) is 15.9 Å². The highest BCUT2D eigenvalue weighted by atomic mass is 79.9. The third kappa shape index (κ3) is 3.86. The fourth-order valence-electron chi connectivity index (χ4n) is 2.51. The largest absolute Gasteiger partial charge is 0.493 e. The van der Waals surface area contributed by atoms with E-state index in [1.165, 1.54) is 25.7 Å². The molecule has 0 spiro atoms. The van der Waals surface area contributed by atoms with Crippen LogP contribution in [0.25, 0.3) is 0 Å². The van der Waals surface area contributed by atoms with E-state index in [1.54, 1.807) is 7.11 Å². The van der Waals surface area contributed by atoms with Crippen LogP contribution in [0.1, 0.15) is 44.1 Å². The molecule has 1 aliphatic carbocycles. The summed E-state index contributed by atoms with van der Waals surface area (Å²) in [4.78, 5) is 0. The van der Waals surface area contributed by atoms with Crippen molar-refractivity contribution >= 4 is 15.9 Å². The standard InChI is InChI=1S/C15H21BrO3/c1-18-14-9-11(10-17)8-13(16)15(14)19-12-6-4-2-3-5-7-12/h8-9,12,17H,2-7,10H2,1H3. The summed E-state index contributed by atoms with van der Waals surface area (Å²) in [6.45, 7) is -0.00132. The van der Waals surface area contributed by atoms with Crippen molar-refractivity contribution in [2.24, 2.45) is 0 Å². The van der Waals surface area contributed by atoms with Crippen molar-refractivity contribution in [3.05, 3.63) is 22.2 Å². The van der Waals surface area contributed by atoms with Crippen molar-refractivity contribution in [2.75, 3.05) is 7.11 Å². The summed E-state index contributed by atoms with van der Waals surface area (Å²) in [6, 6.07) is 3.71. The van der Waals surface area contributed by atoms with Crippen LogP contribution < -0.4 is 9.47 Å². The molecular formula is C15H21BrO3. The summed E-state index contributed by atoms with van der Waals surface area (Å²) in [5, 5.41) is 9.21. The van der Waals surface area contributed by atoms with Crippen LogP contribution in [0.15, 0.2) is 16.6 Å². The zero-order chi connectivity index (χ0) is 13.7. The van der Waals surface area contributed by atoms with Gasteiger partial charge in [-0.2, -0.15) is 0 Å². The normalized spacial score (nSPS) is 17.0. The fraction of sp³-hybridized carbons (Fsp3) is 0.600. The lowest BCUT2D eigenvalue weighted by atomic mass is 10.1. The molecule has 0 atom stereocenters. The van der Waals surface area contributed by atoms with Crippen LogP contribution in [0.3, 0.4) is 0 Å². The second-order valence-electron chi connectivity index (χ2n) is 5.00. The molecule has 106 valence electrons. The molecule has 0 amide bonds. The third-order valence-electron chi connectivity index (χ3n) is 3.56. The Hall–Kier alpha value is -0.740. The monoisotopic (exact) mass is 328 g/mol. The smallest absolute Gasteiger partial charge is 0.175 e. The molecule has 1 aromatic rings. The van der Waals surface area contributed by atoms with Crippen LogP contribution >= 0.6 is 15.9 Å². The Labute approximate surface area is 123 Å². The van der Waals surface area contributed by atoms with E-state index >= 15 is 0 Å². The number of methoxy groups -OCH3 is 1. The summed E-state index contributed by atoms with van der Waals surface area (Å²) in [7, 11) is 1.63. The number of hydrogen-bond acceptors (Lipinski definition) is 3. The second-order valence-corrected chi connectivity index (χ2v) is 5.85. The second kappa shape index (κ2) is 7.15. The van der Waals surface area contributed by atoms with Gasteiger partial charge in [-0.3, -0.25) is 0 Å². The van der Waals surface area contributed by atoms with Gasteiger partial charge in [-0.25, -0.2) is 0 Å². The Kier molecular flexibility index (Phi) is 5.52. The minimum Gasteiger partial charge on any atom is -0.493 e. The Morgan fingerprint density at radius 3 is 2.47 bits per heavy atom. The van der Waals surface area contributed by atoms with E-state index in [9.17, 15) is 5.11 Å². The maximum atomic E-state index is 9.21. The van der Waals surface area contributed by atoms with Crippen molar-refractivity contribution in [1.82, 2.24) is 0 Å². The van der Waals surface area contributed by atoms with Gasteiger partial charge in [0.15, 0.2) is 11.5 Å². The average molecular weight is 329 g/mol. The molecule has 0 saturated heterocycles. The van der Waals surface area contributed by atoms with E-state index < -0.39 is 0 Å². The summed E-state index contributed by atoms with van der Waals surface area (Å²) < 4.78 is 12.4. The topological polar surface area (TPSA) is 38.7 Å². The highest BCUT2D eigenvalue weighted by Gasteiger charge is 2.18. The zero-order valence-electron chi connectivity index (χ0n) is 11.3. The number of hydrogen-bond donors (Lipinski definition) is 1. The molecule has 1 aromatic carbocycles. The quantitative estimate of drug-likeness (QED) is 0.847. The van der Waals surface area contributed by atoms with Crippen LogP contribution in [0, 0.1) is 0 Å². The highest BCUT2D eigenvalue weighted by molar-refractivity contribution is 9.10. The highest BCUT2D eigenvalue weighted by Crippen LogP contribution is 2.38. The van der Waals surface area contributed by atoms with Crippen LogP contribution in [-0.2, 0) is 6.61 Å². The molecule has 1 fully saturated rings.